The van der Waals surface area contributed by atoms with Gasteiger partial charge in [-0.3, -0.25) is 0 Å². The third-order valence-corrected chi connectivity index (χ3v) is 3.51. The van der Waals surface area contributed by atoms with E-state index in [2.05, 4.69) is 0 Å². The monoisotopic (exact) mass is 279 g/mol. The normalized spacial score (nSPS) is 20.4. The van der Waals surface area contributed by atoms with Crippen molar-refractivity contribution in [2.75, 3.05) is 20.3 Å². The van der Waals surface area contributed by atoms with Crippen LogP contribution in [0.15, 0.2) is 18.2 Å². The van der Waals surface area contributed by atoms with Gasteiger partial charge in [0.25, 0.3) is 0 Å². The van der Waals surface area contributed by atoms with Crippen molar-refractivity contribution in [1.29, 1.82) is 0 Å². The highest BCUT2D eigenvalue weighted by molar-refractivity contribution is 5.41. The molecule has 0 saturated carbocycles. The fourth-order valence-electron chi connectivity index (χ4n) is 2.43. The van der Waals surface area contributed by atoms with E-state index >= 15 is 0 Å². The second-order valence-electron chi connectivity index (χ2n) is 5.45. The molecule has 4 nitrogen and oxygen atoms in total. The molecule has 0 aromatic heterocycles. The number of nitrogens with two attached hydrogens (primary N) is 1. The summed E-state index contributed by atoms with van der Waals surface area (Å²) in [5.41, 5.74) is 7.01. The number of hydrogen-bond acceptors (Lipinski definition) is 4. The maximum atomic E-state index is 5.96. The molecular weight excluding hydrogens is 254 g/mol. The highest BCUT2D eigenvalue weighted by Gasteiger charge is 2.16. The van der Waals surface area contributed by atoms with Crippen LogP contribution >= 0.6 is 0 Å². The van der Waals surface area contributed by atoms with Crippen molar-refractivity contribution < 1.29 is 14.2 Å². The summed E-state index contributed by atoms with van der Waals surface area (Å²) in [6.45, 7) is 3.44. The Morgan fingerprint density at radius 1 is 1.40 bits per heavy atom. The first-order valence-corrected chi connectivity index (χ1v) is 7.36. The fraction of sp³-hybridized carbons (Fsp3) is 0.625. The zero-order chi connectivity index (χ0) is 14.4. The van der Waals surface area contributed by atoms with Gasteiger partial charge in [-0.1, -0.05) is 6.07 Å². The summed E-state index contributed by atoms with van der Waals surface area (Å²) >= 11 is 0. The molecule has 0 aliphatic carbocycles. The Morgan fingerprint density at radius 2 is 2.25 bits per heavy atom. The van der Waals surface area contributed by atoms with Gasteiger partial charge >= 0.3 is 0 Å². The zero-order valence-corrected chi connectivity index (χ0v) is 12.4. The van der Waals surface area contributed by atoms with Crippen LogP contribution in [0.25, 0.3) is 0 Å². The van der Waals surface area contributed by atoms with Gasteiger partial charge in [-0.25, -0.2) is 0 Å². The molecule has 0 spiro atoms. The summed E-state index contributed by atoms with van der Waals surface area (Å²) in [5, 5.41) is 0. The molecule has 1 fully saturated rings. The van der Waals surface area contributed by atoms with Crippen LogP contribution in [-0.4, -0.2) is 32.5 Å². The minimum Gasteiger partial charge on any atom is -0.497 e. The highest BCUT2D eigenvalue weighted by Crippen LogP contribution is 2.26. The van der Waals surface area contributed by atoms with Gasteiger partial charge in [0.15, 0.2) is 0 Å². The van der Waals surface area contributed by atoms with Crippen LogP contribution in [-0.2, 0) is 11.2 Å². The van der Waals surface area contributed by atoms with Crippen molar-refractivity contribution in [2.24, 2.45) is 5.73 Å². The average Bonchev–Trinajstić information content (AvgIpc) is 2.47. The second-order valence-corrected chi connectivity index (χ2v) is 5.45. The van der Waals surface area contributed by atoms with Gasteiger partial charge in [0.1, 0.15) is 18.1 Å². The minimum atomic E-state index is 0.108. The SMILES string of the molecule is COc1ccc(CC(C)N)c(OCC2CCCCO2)c1. The largest absolute Gasteiger partial charge is 0.497 e. The number of hydrogen-bond donors (Lipinski definition) is 1. The molecule has 2 unspecified atom stereocenters. The van der Waals surface area contributed by atoms with Gasteiger partial charge in [0, 0.05) is 18.7 Å². The van der Waals surface area contributed by atoms with Crippen LogP contribution in [0.2, 0.25) is 0 Å². The molecular formula is C16H25NO3. The smallest absolute Gasteiger partial charge is 0.126 e. The van der Waals surface area contributed by atoms with Gasteiger partial charge in [0.2, 0.25) is 0 Å². The van der Waals surface area contributed by atoms with Crippen molar-refractivity contribution in [3.63, 3.8) is 0 Å². The molecule has 2 N–H and O–H groups in total. The summed E-state index contributed by atoms with van der Waals surface area (Å²) < 4.78 is 16.9. The Morgan fingerprint density at radius 3 is 2.90 bits per heavy atom. The first-order chi connectivity index (χ1) is 9.69. The van der Waals surface area contributed by atoms with E-state index in [-0.39, 0.29) is 12.1 Å². The van der Waals surface area contributed by atoms with Crippen molar-refractivity contribution in [1.82, 2.24) is 0 Å². The molecule has 2 rings (SSSR count). The van der Waals surface area contributed by atoms with Gasteiger partial charge in [-0.2, -0.15) is 0 Å². The molecule has 112 valence electrons. The maximum Gasteiger partial charge on any atom is 0.126 e. The van der Waals surface area contributed by atoms with E-state index in [1.165, 1.54) is 6.42 Å². The van der Waals surface area contributed by atoms with Gasteiger partial charge in [0.05, 0.1) is 13.2 Å². The lowest BCUT2D eigenvalue weighted by Gasteiger charge is -2.23. The Kier molecular flexibility index (Phi) is 5.68. The minimum absolute atomic E-state index is 0.108. The van der Waals surface area contributed by atoms with Gasteiger partial charge < -0.3 is 19.9 Å². The van der Waals surface area contributed by atoms with E-state index < -0.39 is 0 Å². The third-order valence-electron chi connectivity index (χ3n) is 3.51. The van der Waals surface area contributed by atoms with Crippen LogP contribution in [0.4, 0.5) is 0 Å². The summed E-state index contributed by atoms with van der Waals surface area (Å²) in [4.78, 5) is 0. The Balaban J connectivity index is 2.02. The van der Waals surface area contributed by atoms with Crippen molar-refractivity contribution >= 4 is 0 Å². The number of rotatable bonds is 6. The Labute approximate surface area is 121 Å². The maximum absolute atomic E-state index is 5.96. The molecule has 0 bridgehead atoms. The summed E-state index contributed by atoms with van der Waals surface area (Å²) in [7, 11) is 1.66. The summed E-state index contributed by atoms with van der Waals surface area (Å²) in [5.74, 6) is 1.66. The van der Waals surface area contributed by atoms with E-state index in [4.69, 9.17) is 19.9 Å². The number of methoxy groups -OCH3 is 1. The second kappa shape index (κ2) is 7.50. The van der Waals surface area contributed by atoms with E-state index in [0.29, 0.717) is 6.61 Å². The molecule has 20 heavy (non-hydrogen) atoms. The van der Waals surface area contributed by atoms with Crippen molar-refractivity contribution in [2.45, 2.75) is 44.8 Å². The van der Waals surface area contributed by atoms with Crippen LogP contribution in [0.3, 0.4) is 0 Å². The standard InChI is InChI=1S/C16H25NO3/c1-12(17)9-13-6-7-14(18-2)10-16(13)20-11-15-5-3-4-8-19-15/h6-7,10,12,15H,3-5,8-9,11,17H2,1-2H3. The van der Waals surface area contributed by atoms with Crippen molar-refractivity contribution in [3.05, 3.63) is 23.8 Å². The van der Waals surface area contributed by atoms with E-state index in [0.717, 1.165) is 42.9 Å². The van der Waals surface area contributed by atoms with Crippen LogP contribution in [0.5, 0.6) is 11.5 Å². The fourth-order valence-corrected chi connectivity index (χ4v) is 2.43. The predicted molar refractivity (Wildman–Crippen MR) is 79.4 cm³/mol. The molecule has 0 amide bonds. The number of benzene rings is 1. The predicted octanol–water partition coefficient (Wildman–Crippen LogP) is 2.53. The molecule has 1 aromatic carbocycles. The van der Waals surface area contributed by atoms with E-state index in [9.17, 15) is 0 Å². The molecule has 1 aromatic rings. The number of ether oxygens (including phenoxy) is 3. The van der Waals surface area contributed by atoms with E-state index in [1.54, 1.807) is 7.11 Å². The summed E-state index contributed by atoms with van der Waals surface area (Å²) in [6, 6.07) is 6.01. The third kappa shape index (κ3) is 4.39. The van der Waals surface area contributed by atoms with Crippen molar-refractivity contribution in [3.8, 4) is 11.5 Å². The lowest BCUT2D eigenvalue weighted by molar-refractivity contribution is -0.0112. The highest BCUT2D eigenvalue weighted by atomic mass is 16.5. The molecule has 2 atom stereocenters. The zero-order valence-electron chi connectivity index (χ0n) is 12.4. The van der Waals surface area contributed by atoms with E-state index in [1.807, 2.05) is 25.1 Å². The first kappa shape index (κ1) is 15.1. The van der Waals surface area contributed by atoms with Gasteiger partial charge in [-0.05, 0) is 44.2 Å². The average molecular weight is 279 g/mol. The quantitative estimate of drug-likeness (QED) is 0.869. The molecule has 1 heterocycles. The van der Waals surface area contributed by atoms with Crippen LogP contribution in [0.1, 0.15) is 31.7 Å². The summed E-state index contributed by atoms with van der Waals surface area (Å²) in [6.07, 6.45) is 4.46. The lowest BCUT2D eigenvalue weighted by atomic mass is 10.1. The van der Waals surface area contributed by atoms with Gasteiger partial charge in [-0.15, -0.1) is 0 Å². The Bertz CT molecular complexity index is 414. The van der Waals surface area contributed by atoms with Crippen LogP contribution in [0, 0.1) is 0 Å². The Hall–Kier alpha value is -1.26. The molecule has 4 heteroatoms. The molecule has 1 saturated heterocycles. The topological polar surface area (TPSA) is 53.7 Å². The molecule has 0 radical (unpaired) electrons. The molecule has 1 aliphatic heterocycles. The molecule has 1 aliphatic rings. The first-order valence-electron chi connectivity index (χ1n) is 7.36. The van der Waals surface area contributed by atoms with Crippen LogP contribution < -0.4 is 15.2 Å². The lowest BCUT2D eigenvalue weighted by Crippen LogP contribution is -2.26.